The number of hydrogen-bond acceptors (Lipinski definition) is 3. The van der Waals surface area contributed by atoms with E-state index in [1.807, 2.05) is 13.0 Å². The van der Waals surface area contributed by atoms with Crippen LogP contribution in [0.1, 0.15) is 11.1 Å². The zero-order chi connectivity index (χ0) is 16.6. The van der Waals surface area contributed by atoms with Gasteiger partial charge in [-0.2, -0.15) is 13.2 Å². The van der Waals surface area contributed by atoms with Crippen molar-refractivity contribution in [1.29, 1.82) is 0 Å². The fourth-order valence-corrected chi connectivity index (χ4v) is 2.14. The summed E-state index contributed by atoms with van der Waals surface area (Å²) in [7, 11) is 0. The Kier molecular flexibility index (Phi) is 3.55. The van der Waals surface area contributed by atoms with Crippen LogP contribution in [-0.4, -0.2) is 14.8 Å². The Morgan fingerprint density at radius 3 is 2.35 bits per heavy atom. The number of anilines is 1. The van der Waals surface area contributed by atoms with Gasteiger partial charge >= 0.3 is 6.18 Å². The zero-order valence-electron chi connectivity index (χ0n) is 12.2. The van der Waals surface area contributed by atoms with Gasteiger partial charge in [-0.3, -0.25) is 0 Å². The van der Waals surface area contributed by atoms with Crippen molar-refractivity contribution in [1.82, 2.24) is 14.8 Å². The Bertz CT molecular complexity index is 835. The SMILES string of the molecule is Cc1cc(-c2ncn(-c3ccc(C(F)(F)F)cc3)n2)ccc1N. The number of nitrogen functional groups attached to an aromatic ring is 1. The Labute approximate surface area is 130 Å². The Morgan fingerprint density at radius 1 is 1.04 bits per heavy atom. The number of aryl methyl sites for hydroxylation is 1. The predicted molar refractivity (Wildman–Crippen MR) is 80.9 cm³/mol. The average Bonchev–Trinajstić information content (AvgIpc) is 2.99. The Hall–Kier alpha value is -2.83. The van der Waals surface area contributed by atoms with Crippen LogP contribution in [-0.2, 0) is 6.18 Å². The summed E-state index contributed by atoms with van der Waals surface area (Å²) in [5.74, 6) is 0.480. The highest BCUT2D eigenvalue weighted by Crippen LogP contribution is 2.29. The third-order valence-electron chi connectivity index (χ3n) is 3.48. The van der Waals surface area contributed by atoms with E-state index in [-0.39, 0.29) is 0 Å². The molecule has 2 aromatic carbocycles. The molecule has 0 saturated carbocycles. The van der Waals surface area contributed by atoms with Gasteiger partial charge in [-0.05, 0) is 55.0 Å². The summed E-state index contributed by atoms with van der Waals surface area (Å²) in [5.41, 5.74) is 7.96. The lowest BCUT2D eigenvalue weighted by molar-refractivity contribution is -0.137. The molecule has 1 heterocycles. The maximum absolute atomic E-state index is 12.6. The van der Waals surface area contributed by atoms with E-state index in [1.54, 1.807) is 12.1 Å². The third kappa shape index (κ3) is 3.03. The van der Waals surface area contributed by atoms with Gasteiger partial charge in [0.05, 0.1) is 11.3 Å². The van der Waals surface area contributed by atoms with Crippen LogP contribution in [0.3, 0.4) is 0 Å². The topological polar surface area (TPSA) is 56.7 Å². The number of nitrogens with two attached hydrogens (primary N) is 1. The van der Waals surface area contributed by atoms with Gasteiger partial charge in [0.1, 0.15) is 6.33 Å². The number of hydrogen-bond donors (Lipinski definition) is 1. The van der Waals surface area contributed by atoms with Crippen molar-refractivity contribution < 1.29 is 13.2 Å². The number of nitrogens with zero attached hydrogens (tertiary/aromatic N) is 3. The average molecular weight is 318 g/mol. The molecule has 0 saturated heterocycles. The first-order valence-electron chi connectivity index (χ1n) is 6.80. The number of alkyl halides is 3. The first-order chi connectivity index (χ1) is 10.8. The minimum absolute atomic E-state index is 0.480. The number of halogens is 3. The van der Waals surface area contributed by atoms with Crippen molar-refractivity contribution in [3.05, 3.63) is 59.9 Å². The van der Waals surface area contributed by atoms with Crippen LogP contribution in [0.4, 0.5) is 18.9 Å². The summed E-state index contributed by atoms with van der Waals surface area (Å²) in [4.78, 5) is 4.19. The van der Waals surface area contributed by atoms with E-state index in [4.69, 9.17) is 5.73 Å². The Balaban J connectivity index is 1.91. The third-order valence-corrected chi connectivity index (χ3v) is 3.48. The minimum Gasteiger partial charge on any atom is -0.399 e. The van der Waals surface area contributed by atoms with Crippen molar-refractivity contribution in [3.63, 3.8) is 0 Å². The molecule has 0 spiro atoms. The number of aromatic nitrogens is 3. The van der Waals surface area contributed by atoms with Gasteiger partial charge in [0.2, 0.25) is 0 Å². The van der Waals surface area contributed by atoms with E-state index in [1.165, 1.54) is 23.1 Å². The van der Waals surface area contributed by atoms with E-state index in [0.717, 1.165) is 23.3 Å². The summed E-state index contributed by atoms with van der Waals surface area (Å²) in [6, 6.07) is 10.2. The second kappa shape index (κ2) is 5.42. The second-order valence-corrected chi connectivity index (χ2v) is 5.13. The first kappa shape index (κ1) is 15.1. The van der Waals surface area contributed by atoms with Crippen molar-refractivity contribution in [2.45, 2.75) is 13.1 Å². The molecule has 2 N–H and O–H groups in total. The summed E-state index contributed by atoms with van der Waals surface area (Å²) in [5, 5.41) is 4.30. The van der Waals surface area contributed by atoms with Crippen molar-refractivity contribution in [2.75, 3.05) is 5.73 Å². The molecule has 0 unspecified atom stereocenters. The van der Waals surface area contributed by atoms with Gasteiger partial charge in [-0.15, -0.1) is 5.10 Å². The molecule has 3 aromatic rings. The van der Waals surface area contributed by atoms with Gasteiger partial charge < -0.3 is 5.73 Å². The van der Waals surface area contributed by atoms with Gasteiger partial charge in [-0.1, -0.05) is 0 Å². The quantitative estimate of drug-likeness (QED) is 0.730. The molecule has 118 valence electrons. The number of rotatable bonds is 2. The minimum atomic E-state index is -4.35. The van der Waals surface area contributed by atoms with Gasteiger partial charge in [-0.25, -0.2) is 9.67 Å². The fraction of sp³-hybridized carbons (Fsp3) is 0.125. The predicted octanol–water partition coefficient (Wildman–Crippen LogP) is 3.84. The van der Waals surface area contributed by atoms with E-state index in [2.05, 4.69) is 10.1 Å². The maximum Gasteiger partial charge on any atom is 0.416 e. The van der Waals surface area contributed by atoms with E-state index >= 15 is 0 Å². The van der Waals surface area contributed by atoms with Crippen molar-refractivity contribution in [3.8, 4) is 17.1 Å². The molecule has 0 amide bonds. The summed E-state index contributed by atoms with van der Waals surface area (Å²) < 4.78 is 39.2. The van der Waals surface area contributed by atoms with Crippen molar-refractivity contribution in [2.24, 2.45) is 0 Å². The van der Waals surface area contributed by atoms with Crippen LogP contribution in [0.5, 0.6) is 0 Å². The maximum atomic E-state index is 12.6. The largest absolute Gasteiger partial charge is 0.416 e. The van der Waals surface area contributed by atoms with Crippen LogP contribution in [0.15, 0.2) is 48.8 Å². The van der Waals surface area contributed by atoms with Crippen molar-refractivity contribution >= 4 is 5.69 Å². The van der Waals surface area contributed by atoms with Crippen LogP contribution < -0.4 is 5.73 Å². The van der Waals surface area contributed by atoms with Crippen LogP contribution in [0.25, 0.3) is 17.1 Å². The van der Waals surface area contributed by atoms with E-state index < -0.39 is 11.7 Å². The molecule has 23 heavy (non-hydrogen) atoms. The van der Waals surface area contributed by atoms with Gasteiger partial charge in [0.25, 0.3) is 0 Å². The summed E-state index contributed by atoms with van der Waals surface area (Å²) in [6.07, 6.45) is -2.89. The molecule has 1 aromatic heterocycles. The molecule has 0 atom stereocenters. The monoisotopic (exact) mass is 318 g/mol. The van der Waals surface area contributed by atoms with Crippen LogP contribution in [0.2, 0.25) is 0 Å². The highest BCUT2D eigenvalue weighted by Gasteiger charge is 2.30. The number of benzene rings is 2. The molecular formula is C16H13F3N4. The highest BCUT2D eigenvalue weighted by molar-refractivity contribution is 5.61. The highest BCUT2D eigenvalue weighted by atomic mass is 19.4. The van der Waals surface area contributed by atoms with Gasteiger partial charge in [0, 0.05) is 11.3 Å². The van der Waals surface area contributed by atoms with E-state index in [9.17, 15) is 13.2 Å². The standard InChI is InChI=1S/C16H13F3N4/c1-10-8-11(2-7-14(10)20)15-21-9-23(22-15)13-5-3-12(4-6-13)16(17,18)19/h2-9H,20H2,1H3. The lowest BCUT2D eigenvalue weighted by atomic mass is 10.1. The molecule has 0 fully saturated rings. The smallest absolute Gasteiger partial charge is 0.399 e. The molecule has 0 bridgehead atoms. The molecule has 4 nitrogen and oxygen atoms in total. The molecule has 0 radical (unpaired) electrons. The molecule has 0 aliphatic heterocycles. The lowest BCUT2D eigenvalue weighted by Crippen LogP contribution is -2.05. The lowest BCUT2D eigenvalue weighted by Gasteiger charge is -2.07. The van der Waals surface area contributed by atoms with Crippen LogP contribution >= 0.6 is 0 Å². The second-order valence-electron chi connectivity index (χ2n) is 5.13. The molecule has 3 rings (SSSR count). The molecule has 0 aliphatic carbocycles. The molecular weight excluding hydrogens is 305 g/mol. The Morgan fingerprint density at radius 2 is 1.74 bits per heavy atom. The normalized spacial score (nSPS) is 11.7. The summed E-state index contributed by atoms with van der Waals surface area (Å²) in [6.45, 7) is 1.88. The van der Waals surface area contributed by atoms with Gasteiger partial charge in [0.15, 0.2) is 5.82 Å². The molecule has 0 aliphatic rings. The fourth-order valence-electron chi connectivity index (χ4n) is 2.14. The summed E-state index contributed by atoms with van der Waals surface area (Å²) >= 11 is 0. The van der Waals surface area contributed by atoms with Crippen LogP contribution in [0, 0.1) is 6.92 Å². The first-order valence-corrected chi connectivity index (χ1v) is 6.80. The molecule has 7 heteroatoms. The van der Waals surface area contributed by atoms with E-state index in [0.29, 0.717) is 17.2 Å². The zero-order valence-corrected chi connectivity index (χ0v) is 12.2.